The van der Waals surface area contributed by atoms with Crippen LogP contribution in [0.4, 0.5) is 0 Å². The lowest BCUT2D eigenvalue weighted by atomic mass is 9.91. The minimum Gasteiger partial charge on any atom is -0.473 e. The van der Waals surface area contributed by atoms with Crippen molar-refractivity contribution in [1.29, 1.82) is 0 Å². The Morgan fingerprint density at radius 2 is 2.05 bits per heavy atom. The van der Waals surface area contributed by atoms with E-state index in [0.29, 0.717) is 18.5 Å². The Labute approximate surface area is 117 Å². The van der Waals surface area contributed by atoms with E-state index in [-0.39, 0.29) is 5.41 Å². The fourth-order valence-electron chi connectivity index (χ4n) is 1.59. The van der Waals surface area contributed by atoms with Crippen molar-refractivity contribution < 1.29 is 4.74 Å². The van der Waals surface area contributed by atoms with E-state index in [1.165, 1.54) is 5.56 Å². The van der Waals surface area contributed by atoms with Gasteiger partial charge in [-0.2, -0.15) is 0 Å². The summed E-state index contributed by atoms with van der Waals surface area (Å²) < 4.78 is 5.58. The first-order valence-electron chi connectivity index (χ1n) is 6.81. The van der Waals surface area contributed by atoms with Crippen molar-refractivity contribution >= 4 is 0 Å². The van der Waals surface area contributed by atoms with Crippen LogP contribution in [0, 0.1) is 0 Å². The average molecular weight is 262 g/mol. The molecule has 0 aliphatic rings. The first kappa shape index (κ1) is 15.7. The van der Waals surface area contributed by atoms with Gasteiger partial charge in [-0.3, -0.25) is 0 Å². The third-order valence-electron chi connectivity index (χ3n) is 2.69. The summed E-state index contributed by atoms with van der Waals surface area (Å²) in [5.74, 6) is 0.674. The maximum absolute atomic E-state index is 5.58. The van der Waals surface area contributed by atoms with Crippen LogP contribution in [0.15, 0.2) is 24.8 Å². The van der Waals surface area contributed by atoms with Crippen molar-refractivity contribution in [3.05, 3.63) is 36.0 Å². The summed E-state index contributed by atoms with van der Waals surface area (Å²) in [5.41, 5.74) is 2.27. The van der Waals surface area contributed by atoms with Crippen LogP contribution in [0.25, 0.3) is 0 Å². The second-order valence-electron chi connectivity index (χ2n) is 6.08. The van der Waals surface area contributed by atoms with Gasteiger partial charge >= 0.3 is 0 Å². The third kappa shape index (κ3) is 5.43. The number of aromatic nitrogens is 1. The molecule has 19 heavy (non-hydrogen) atoms. The molecule has 0 atom stereocenters. The number of rotatable bonds is 6. The zero-order chi connectivity index (χ0) is 14.5. The molecule has 0 aliphatic carbocycles. The monoisotopic (exact) mass is 262 g/mol. The van der Waals surface area contributed by atoms with Gasteiger partial charge in [-0.25, -0.2) is 4.98 Å². The van der Waals surface area contributed by atoms with Crippen molar-refractivity contribution in [2.24, 2.45) is 0 Å². The fraction of sp³-hybridized carbons (Fsp3) is 0.562. The molecule has 106 valence electrons. The van der Waals surface area contributed by atoms with Crippen LogP contribution in [0.5, 0.6) is 5.88 Å². The molecule has 0 aromatic carbocycles. The van der Waals surface area contributed by atoms with Crippen LogP contribution < -0.4 is 10.1 Å². The number of nitrogens with one attached hydrogen (secondary N) is 1. The van der Waals surface area contributed by atoms with Crippen molar-refractivity contribution in [2.45, 2.75) is 52.6 Å². The van der Waals surface area contributed by atoms with E-state index in [1.807, 2.05) is 6.07 Å². The van der Waals surface area contributed by atoms with Crippen molar-refractivity contribution in [3.8, 4) is 5.88 Å². The summed E-state index contributed by atoms with van der Waals surface area (Å²) >= 11 is 0. The van der Waals surface area contributed by atoms with E-state index >= 15 is 0 Å². The van der Waals surface area contributed by atoms with Crippen molar-refractivity contribution in [3.63, 3.8) is 0 Å². The second kappa shape index (κ2) is 6.71. The Morgan fingerprint density at radius 3 is 2.58 bits per heavy atom. The maximum atomic E-state index is 5.58. The summed E-state index contributed by atoms with van der Waals surface area (Å²) in [6.45, 7) is 15.7. The van der Waals surface area contributed by atoms with Gasteiger partial charge in [-0.05, 0) is 11.6 Å². The Bertz CT molecular complexity index is 419. The van der Waals surface area contributed by atoms with E-state index in [4.69, 9.17) is 4.74 Å². The highest BCUT2D eigenvalue weighted by atomic mass is 16.5. The molecule has 1 aromatic heterocycles. The van der Waals surface area contributed by atoms with E-state index in [9.17, 15) is 0 Å². The van der Waals surface area contributed by atoms with Gasteiger partial charge in [0.05, 0.1) is 5.69 Å². The van der Waals surface area contributed by atoms with Gasteiger partial charge in [0.2, 0.25) is 5.88 Å². The average Bonchev–Trinajstić information content (AvgIpc) is 2.32. The third-order valence-corrected chi connectivity index (χ3v) is 2.69. The molecular weight excluding hydrogens is 236 g/mol. The first-order valence-corrected chi connectivity index (χ1v) is 6.81. The smallest absolute Gasteiger partial charge is 0.214 e. The molecule has 3 nitrogen and oxygen atoms in total. The van der Waals surface area contributed by atoms with Crippen LogP contribution in [0.2, 0.25) is 0 Å². The molecule has 0 fully saturated rings. The van der Waals surface area contributed by atoms with Crippen LogP contribution in [0.3, 0.4) is 0 Å². The Hall–Kier alpha value is -1.35. The van der Waals surface area contributed by atoms with Crippen LogP contribution in [0.1, 0.15) is 45.9 Å². The molecular formula is C16H26N2O. The summed E-state index contributed by atoms with van der Waals surface area (Å²) in [4.78, 5) is 4.57. The summed E-state index contributed by atoms with van der Waals surface area (Å²) in [7, 11) is 0. The molecule has 0 radical (unpaired) electrons. The lowest BCUT2D eigenvalue weighted by Gasteiger charge is -2.20. The molecule has 1 rings (SSSR count). The Morgan fingerprint density at radius 1 is 1.37 bits per heavy atom. The van der Waals surface area contributed by atoms with Crippen LogP contribution in [-0.4, -0.2) is 17.6 Å². The lowest BCUT2D eigenvalue weighted by Crippen LogP contribution is -2.23. The van der Waals surface area contributed by atoms with Gasteiger partial charge in [0.1, 0.15) is 6.61 Å². The molecule has 0 aliphatic heterocycles. The maximum Gasteiger partial charge on any atom is 0.214 e. The van der Waals surface area contributed by atoms with E-state index in [1.54, 1.807) is 6.08 Å². The minimum absolute atomic E-state index is 0.0140. The normalized spacial score (nSPS) is 11.7. The molecule has 0 unspecified atom stereocenters. The van der Waals surface area contributed by atoms with E-state index < -0.39 is 0 Å². The summed E-state index contributed by atoms with van der Waals surface area (Å²) in [6.07, 6.45) is 1.73. The standard InChI is InChI=1S/C16H26N2O/c1-7-8-19-15-10-13(11-17-12(2)3)9-14(18-15)16(4,5)6/h7,9-10,12,17H,1,8,11H2,2-6H3. The largest absolute Gasteiger partial charge is 0.473 e. The van der Waals surface area contributed by atoms with Crippen LogP contribution >= 0.6 is 0 Å². The first-order chi connectivity index (χ1) is 8.82. The molecule has 0 spiro atoms. The summed E-state index contributed by atoms with van der Waals surface area (Å²) in [6, 6.07) is 4.60. The topological polar surface area (TPSA) is 34.1 Å². The molecule has 0 bridgehead atoms. The van der Waals surface area contributed by atoms with Crippen LogP contribution in [-0.2, 0) is 12.0 Å². The number of pyridine rings is 1. The van der Waals surface area contributed by atoms with Gasteiger partial charge in [0.15, 0.2) is 0 Å². The quantitative estimate of drug-likeness (QED) is 0.797. The minimum atomic E-state index is 0.0140. The molecule has 1 heterocycles. The zero-order valence-corrected chi connectivity index (χ0v) is 12.8. The molecule has 1 N–H and O–H groups in total. The molecule has 0 saturated heterocycles. The van der Waals surface area contributed by atoms with Crippen molar-refractivity contribution in [1.82, 2.24) is 10.3 Å². The highest BCUT2D eigenvalue weighted by Crippen LogP contribution is 2.24. The zero-order valence-electron chi connectivity index (χ0n) is 12.8. The molecule has 3 heteroatoms. The highest BCUT2D eigenvalue weighted by molar-refractivity contribution is 5.28. The molecule has 0 amide bonds. The van der Waals surface area contributed by atoms with Crippen molar-refractivity contribution in [2.75, 3.05) is 6.61 Å². The van der Waals surface area contributed by atoms with E-state index in [0.717, 1.165) is 12.2 Å². The number of hydrogen-bond donors (Lipinski definition) is 1. The predicted octanol–water partition coefficient (Wildman–Crippen LogP) is 3.44. The SMILES string of the molecule is C=CCOc1cc(CNC(C)C)cc(C(C)(C)C)n1. The lowest BCUT2D eigenvalue weighted by molar-refractivity contribution is 0.344. The molecule has 1 aromatic rings. The highest BCUT2D eigenvalue weighted by Gasteiger charge is 2.17. The van der Waals surface area contributed by atoms with Gasteiger partial charge in [0.25, 0.3) is 0 Å². The number of nitrogens with zero attached hydrogens (tertiary/aromatic N) is 1. The van der Waals surface area contributed by atoms with E-state index in [2.05, 4.69) is 57.6 Å². The number of ether oxygens (including phenoxy) is 1. The fourth-order valence-corrected chi connectivity index (χ4v) is 1.59. The van der Waals surface area contributed by atoms with Gasteiger partial charge < -0.3 is 10.1 Å². The number of hydrogen-bond acceptors (Lipinski definition) is 3. The molecule has 0 saturated carbocycles. The van der Waals surface area contributed by atoms with Gasteiger partial charge in [0, 0.05) is 24.1 Å². The Balaban J connectivity index is 2.98. The van der Waals surface area contributed by atoms with Gasteiger partial charge in [-0.1, -0.05) is 47.3 Å². The Kier molecular flexibility index (Phi) is 5.55. The summed E-state index contributed by atoms with van der Waals surface area (Å²) in [5, 5.41) is 3.42. The second-order valence-corrected chi connectivity index (χ2v) is 6.08. The van der Waals surface area contributed by atoms with Gasteiger partial charge in [-0.15, -0.1) is 0 Å². The predicted molar refractivity (Wildman–Crippen MR) is 80.6 cm³/mol.